The number of nitrogens with zero attached hydrogens (tertiary/aromatic N) is 2. The minimum atomic E-state index is -0.540. The number of para-hydroxylation sites is 1. The Bertz CT molecular complexity index is 861. The van der Waals surface area contributed by atoms with E-state index >= 15 is 0 Å². The molecule has 3 rings (SSSR count). The molecule has 3 aromatic rings. The van der Waals surface area contributed by atoms with Gasteiger partial charge in [0.1, 0.15) is 11.2 Å². The quantitative estimate of drug-likeness (QED) is 0.145. The first kappa shape index (κ1) is 28.2. The Kier molecular flexibility index (Phi) is 16.0. The van der Waals surface area contributed by atoms with E-state index in [1.165, 1.54) is 18.2 Å². The van der Waals surface area contributed by atoms with Crippen LogP contribution in [0.1, 0.15) is 39.7 Å². The van der Waals surface area contributed by atoms with Crippen LogP contribution < -0.4 is 0 Å². The fraction of sp³-hybridized carbons (Fsp3) is 0.348. The molecule has 1 aromatic heterocycles. The van der Waals surface area contributed by atoms with E-state index in [1.807, 2.05) is 44.2 Å². The number of ether oxygens (including phenoxy) is 1. The molecule has 0 N–H and O–H groups in total. The number of halogens is 2. The SMILES string of the molecule is CC.CCC(C)I.COCc1ccccc1.O=[N+]([O-])c1cnc2ccccc2c1Cl. The Morgan fingerprint density at radius 1 is 1.13 bits per heavy atom. The number of methoxy groups -OCH3 is 1. The third-order valence-electron chi connectivity index (χ3n) is 3.60. The van der Waals surface area contributed by atoms with E-state index in [4.69, 9.17) is 16.3 Å². The molecule has 0 aliphatic heterocycles. The minimum absolute atomic E-state index is 0.139. The average Bonchev–Trinajstić information content (AvgIpc) is 2.77. The van der Waals surface area contributed by atoms with Crippen molar-refractivity contribution in [3.8, 4) is 0 Å². The summed E-state index contributed by atoms with van der Waals surface area (Å²) in [4.78, 5) is 13.9. The summed E-state index contributed by atoms with van der Waals surface area (Å²) < 4.78 is 5.78. The van der Waals surface area contributed by atoms with Gasteiger partial charge in [-0.1, -0.05) is 110 Å². The number of benzene rings is 2. The summed E-state index contributed by atoms with van der Waals surface area (Å²) in [6, 6.07) is 17.1. The van der Waals surface area contributed by atoms with Crippen LogP contribution in [0.5, 0.6) is 0 Å². The zero-order valence-electron chi connectivity index (χ0n) is 18.1. The maximum Gasteiger partial charge on any atom is 0.306 e. The predicted octanol–water partition coefficient (Wildman–Crippen LogP) is 7.88. The molecular weight excluding hydrogens is 515 g/mol. The van der Waals surface area contributed by atoms with E-state index in [0.717, 1.165) is 3.92 Å². The lowest BCUT2D eigenvalue weighted by Crippen LogP contribution is -1.91. The van der Waals surface area contributed by atoms with Gasteiger partial charge in [-0.3, -0.25) is 10.1 Å². The van der Waals surface area contributed by atoms with Crippen molar-refractivity contribution in [2.24, 2.45) is 0 Å². The van der Waals surface area contributed by atoms with Gasteiger partial charge in [0.2, 0.25) is 0 Å². The number of hydrogen-bond donors (Lipinski definition) is 0. The second-order valence-corrected chi connectivity index (χ2v) is 8.34. The second kappa shape index (κ2) is 17.0. The molecule has 5 nitrogen and oxygen atoms in total. The van der Waals surface area contributed by atoms with Crippen LogP contribution in [-0.4, -0.2) is 20.9 Å². The number of hydrogen-bond acceptors (Lipinski definition) is 4. The fourth-order valence-corrected chi connectivity index (χ4v) is 2.24. The molecule has 2 aromatic carbocycles. The molecule has 1 unspecified atom stereocenters. The van der Waals surface area contributed by atoms with Gasteiger partial charge in [0, 0.05) is 16.4 Å². The van der Waals surface area contributed by atoms with Gasteiger partial charge in [0.05, 0.1) is 17.0 Å². The standard InChI is InChI=1S/C9H5ClN2O2.C8H10O.C4H9I.C2H6/c10-9-6-3-1-2-4-7(6)11-5-8(9)12(13)14;1-9-7-8-5-3-2-4-6-8;1-3-4(2)5;1-2/h1-5H;2-6H,7H2,1H3;4H,3H2,1-2H3;1-2H3. The summed E-state index contributed by atoms with van der Waals surface area (Å²) in [6.07, 6.45) is 2.46. The van der Waals surface area contributed by atoms with Gasteiger partial charge < -0.3 is 4.74 Å². The van der Waals surface area contributed by atoms with Crippen LogP contribution in [0, 0.1) is 10.1 Å². The zero-order valence-corrected chi connectivity index (χ0v) is 21.1. The van der Waals surface area contributed by atoms with Gasteiger partial charge in [-0.2, -0.15) is 0 Å². The van der Waals surface area contributed by atoms with Crippen molar-refractivity contribution in [3.05, 3.63) is 81.5 Å². The number of pyridine rings is 1. The number of fused-ring (bicyclic) bond motifs is 1. The molecule has 164 valence electrons. The molecule has 0 aliphatic rings. The van der Waals surface area contributed by atoms with Crippen LogP contribution in [0.15, 0.2) is 60.8 Å². The van der Waals surface area contributed by atoms with E-state index in [-0.39, 0.29) is 10.7 Å². The smallest absolute Gasteiger partial charge is 0.306 e. The molecule has 0 saturated heterocycles. The van der Waals surface area contributed by atoms with Crippen molar-refractivity contribution in [1.29, 1.82) is 0 Å². The Hall–Kier alpha value is -1.77. The fourth-order valence-electron chi connectivity index (χ4n) is 1.97. The molecule has 7 heteroatoms. The molecule has 1 heterocycles. The number of aromatic nitrogens is 1. The predicted molar refractivity (Wildman–Crippen MR) is 136 cm³/mol. The molecule has 0 aliphatic carbocycles. The van der Waals surface area contributed by atoms with Crippen LogP contribution in [0.2, 0.25) is 5.02 Å². The lowest BCUT2D eigenvalue weighted by molar-refractivity contribution is -0.384. The number of alkyl halides is 1. The van der Waals surface area contributed by atoms with Crippen LogP contribution in [-0.2, 0) is 11.3 Å². The topological polar surface area (TPSA) is 65.3 Å². The van der Waals surface area contributed by atoms with Crippen LogP contribution in [0.4, 0.5) is 5.69 Å². The summed E-state index contributed by atoms with van der Waals surface area (Å²) in [7, 11) is 1.70. The summed E-state index contributed by atoms with van der Waals surface area (Å²) in [5.41, 5.74) is 1.72. The van der Waals surface area contributed by atoms with E-state index in [0.29, 0.717) is 17.5 Å². The maximum absolute atomic E-state index is 10.5. The van der Waals surface area contributed by atoms with Gasteiger partial charge in [-0.05, 0) is 18.1 Å². The highest BCUT2D eigenvalue weighted by Gasteiger charge is 2.15. The first-order valence-corrected chi connectivity index (χ1v) is 11.4. The van der Waals surface area contributed by atoms with Gasteiger partial charge in [0.15, 0.2) is 0 Å². The molecule has 1 atom stereocenters. The van der Waals surface area contributed by atoms with Crippen molar-refractivity contribution >= 4 is 50.8 Å². The van der Waals surface area contributed by atoms with Crippen molar-refractivity contribution in [2.45, 2.75) is 44.6 Å². The Morgan fingerprint density at radius 2 is 1.67 bits per heavy atom. The molecule has 30 heavy (non-hydrogen) atoms. The van der Waals surface area contributed by atoms with Crippen molar-refractivity contribution in [3.63, 3.8) is 0 Å². The van der Waals surface area contributed by atoms with Gasteiger partial charge in [-0.15, -0.1) is 0 Å². The van der Waals surface area contributed by atoms with Gasteiger partial charge in [0.25, 0.3) is 0 Å². The molecule has 0 bridgehead atoms. The first-order valence-electron chi connectivity index (χ1n) is 9.75. The zero-order chi connectivity index (χ0) is 22.9. The normalized spacial score (nSPS) is 10.4. The second-order valence-electron chi connectivity index (χ2n) is 5.84. The molecule has 0 spiro atoms. The molecule has 0 fully saturated rings. The Balaban J connectivity index is 0.000000453. The van der Waals surface area contributed by atoms with Crippen molar-refractivity contribution < 1.29 is 9.66 Å². The largest absolute Gasteiger partial charge is 0.380 e. The monoisotopic (exact) mass is 544 g/mol. The van der Waals surface area contributed by atoms with Crippen LogP contribution in [0.3, 0.4) is 0 Å². The third-order valence-corrected chi connectivity index (χ3v) is 4.88. The Labute approximate surface area is 198 Å². The summed E-state index contributed by atoms with van der Waals surface area (Å²) in [6.45, 7) is 9.11. The van der Waals surface area contributed by atoms with E-state index < -0.39 is 4.92 Å². The van der Waals surface area contributed by atoms with Gasteiger partial charge >= 0.3 is 5.69 Å². The minimum Gasteiger partial charge on any atom is -0.380 e. The average molecular weight is 545 g/mol. The van der Waals surface area contributed by atoms with Crippen LogP contribution >= 0.6 is 34.2 Å². The van der Waals surface area contributed by atoms with Crippen LogP contribution in [0.25, 0.3) is 10.9 Å². The van der Waals surface area contributed by atoms with Crippen molar-refractivity contribution in [1.82, 2.24) is 4.98 Å². The van der Waals surface area contributed by atoms with E-state index in [1.54, 1.807) is 31.4 Å². The Morgan fingerprint density at radius 3 is 2.17 bits per heavy atom. The first-order chi connectivity index (χ1) is 14.4. The molecule has 0 radical (unpaired) electrons. The number of nitro groups is 1. The summed E-state index contributed by atoms with van der Waals surface area (Å²) in [5, 5.41) is 11.3. The summed E-state index contributed by atoms with van der Waals surface area (Å²) in [5.74, 6) is 0. The van der Waals surface area contributed by atoms with E-state index in [9.17, 15) is 10.1 Å². The van der Waals surface area contributed by atoms with Gasteiger partial charge in [-0.25, -0.2) is 4.98 Å². The van der Waals surface area contributed by atoms with Crippen molar-refractivity contribution in [2.75, 3.05) is 7.11 Å². The lowest BCUT2D eigenvalue weighted by Gasteiger charge is -1.99. The third kappa shape index (κ3) is 10.8. The summed E-state index contributed by atoms with van der Waals surface area (Å²) >= 11 is 8.26. The molecule has 0 saturated carbocycles. The highest BCUT2D eigenvalue weighted by Crippen LogP contribution is 2.30. The highest BCUT2D eigenvalue weighted by atomic mass is 127. The highest BCUT2D eigenvalue weighted by molar-refractivity contribution is 14.1. The molecular formula is C23H30ClIN2O3. The van der Waals surface area contributed by atoms with E-state index in [2.05, 4.69) is 41.4 Å². The lowest BCUT2D eigenvalue weighted by atomic mass is 10.2. The molecule has 0 amide bonds. The maximum atomic E-state index is 10.5. The number of rotatable bonds is 4.